The van der Waals surface area contributed by atoms with E-state index in [-0.39, 0.29) is 16.8 Å². The van der Waals surface area contributed by atoms with E-state index in [1.54, 1.807) is 29.3 Å². The van der Waals surface area contributed by atoms with Crippen LogP contribution in [0, 0.1) is 0 Å². The van der Waals surface area contributed by atoms with E-state index in [0.29, 0.717) is 31.7 Å². The van der Waals surface area contributed by atoms with Gasteiger partial charge in [-0.15, -0.1) is 0 Å². The van der Waals surface area contributed by atoms with Gasteiger partial charge in [-0.25, -0.2) is 18.4 Å². The number of nitrogens with one attached hydrogen (secondary N) is 1. The Labute approximate surface area is 158 Å². The maximum absolute atomic E-state index is 12.6. The number of nitrogens with zero attached hydrogens (tertiary/aromatic N) is 4. The summed E-state index contributed by atoms with van der Waals surface area (Å²) in [6, 6.07) is 8.17. The number of carbonyl (C=O) groups excluding carboxylic acids is 1. The molecule has 27 heavy (non-hydrogen) atoms. The van der Waals surface area contributed by atoms with Gasteiger partial charge >= 0.3 is 0 Å². The van der Waals surface area contributed by atoms with Gasteiger partial charge in [0.2, 0.25) is 10.0 Å². The third kappa shape index (κ3) is 3.65. The summed E-state index contributed by atoms with van der Waals surface area (Å²) < 4.78 is 26.6. The highest BCUT2D eigenvalue weighted by atomic mass is 32.2. The Bertz CT molecular complexity index is 906. The molecule has 1 N–H and O–H groups in total. The second kappa shape index (κ2) is 7.24. The van der Waals surface area contributed by atoms with Gasteiger partial charge in [0, 0.05) is 37.9 Å². The molecule has 1 aromatic carbocycles. The fraction of sp³-hybridized carbons (Fsp3) is 0.389. The van der Waals surface area contributed by atoms with Crippen molar-refractivity contribution in [1.29, 1.82) is 0 Å². The molecule has 0 aliphatic carbocycles. The van der Waals surface area contributed by atoms with Gasteiger partial charge in [-0.2, -0.15) is 4.31 Å². The van der Waals surface area contributed by atoms with Crippen molar-refractivity contribution in [3.05, 3.63) is 48.4 Å². The van der Waals surface area contributed by atoms with E-state index >= 15 is 0 Å². The van der Waals surface area contributed by atoms with Gasteiger partial charge in [-0.3, -0.25) is 4.79 Å². The van der Waals surface area contributed by atoms with Gasteiger partial charge in [0.25, 0.3) is 5.91 Å². The third-order valence-corrected chi connectivity index (χ3v) is 6.82. The smallest absolute Gasteiger partial charge is 0.253 e. The Hall–Kier alpha value is -2.52. The molecule has 0 atom stereocenters. The maximum atomic E-state index is 12.6. The van der Waals surface area contributed by atoms with Crippen LogP contribution in [0.4, 0.5) is 5.82 Å². The molecule has 1 aromatic heterocycles. The predicted molar refractivity (Wildman–Crippen MR) is 99.8 cm³/mol. The van der Waals surface area contributed by atoms with Crippen molar-refractivity contribution in [3.8, 4) is 0 Å². The Morgan fingerprint density at radius 3 is 2.41 bits per heavy atom. The molecule has 2 aliphatic rings. The van der Waals surface area contributed by atoms with Crippen LogP contribution in [0.3, 0.4) is 0 Å². The number of rotatable bonds is 5. The number of benzene rings is 1. The van der Waals surface area contributed by atoms with Crippen molar-refractivity contribution in [2.75, 3.05) is 31.5 Å². The first-order valence-corrected chi connectivity index (χ1v) is 10.4. The van der Waals surface area contributed by atoms with Crippen LogP contribution in [0.1, 0.15) is 23.2 Å². The summed E-state index contributed by atoms with van der Waals surface area (Å²) in [5, 5.41) is 3.25. The van der Waals surface area contributed by atoms with Gasteiger partial charge in [-0.05, 0) is 43.2 Å². The number of likely N-dealkylation sites (tertiary alicyclic amines) is 1. The van der Waals surface area contributed by atoms with E-state index < -0.39 is 10.0 Å². The molecule has 0 radical (unpaired) electrons. The summed E-state index contributed by atoms with van der Waals surface area (Å²) in [5.41, 5.74) is 0.496. The molecule has 2 aromatic rings. The topological polar surface area (TPSA) is 95.5 Å². The van der Waals surface area contributed by atoms with E-state index in [1.807, 2.05) is 0 Å². The van der Waals surface area contributed by atoms with Crippen LogP contribution in [-0.2, 0) is 10.0 Å². The minimum atomic E-state index is -3.45. The summed E-state index contributed by atoms with van der Waals surface area (Å²) >= 11 is 0. The van der Waals surface area contributed by atoms with Crippen LogP contribution < -0.4 is 5.32 Å². The lowest BCUT2D eigenvalue weighted by Crippen LogP contribution is -2.57. The second-order valence-corrected chi connectivity index (χ2v) is 8.72. The first kappa shape index (κ1) is 17.9. The van der Waals surface area contributed by atoms with Gasteiger partial charge in [0.15, 0.2) is 0 Å². The molecule has 2 fully saturated rings. The number of anilines is 1. The number of amides is 1. The number of sulfonamides is 1. The molecule has 2 aliphatic heterocycles. The molecule has 0 saturated carbocycles. The van der Waals surface area contributed by atoms with Crippen molar-refractivity contribution in [2.24, 2.45) is 0 Å². The second-order valence-electron chi connectivity index (χ2n) is 6.78. The minimum absolute atomic E-state index is 0.0964. The molecular weight excluding hydrogens is 366 g/mol. The van der Waals surface area contributed by atoms with E-state index in [9.17, 15) is 13.2 Å². The fourth-order valence-corrected chi connectivity index (χ4v) is 4.87. The predicted octanol–water partition coefficient (Wildman–Crippen LogP) is 1.20. The highest BCUT2D eigenvalue weighted by Gasteiger charge is 2.32. The van der Waals surface area contributed by atoms with Gasteiger partial charge in [0.05, 0.1) is 10.9 Å². The van der Waals surface area contributed by atoms with Crippen molar-refractivity contribution in [2.45, 2.75) is 23.8 Å². The van der Waals surface area contributed by atoms with Crippen LogP contribution >= 0.6 is 0 Å². The monoisotopic (exact) mass is 387 g/mol. The number of hydrogen-bond acceptors (Lipinski definition) is 6. The lowest BCUT2D eigenvalue weighted by molar-refractivity contribution is 0.0625. The summed E-state index contributed by atoms with van der Waals surface area (Å²) in [5.74, 6) is 0.638. The van der Waals surface area contributed by atoms with E-state index in [1.165, 1.54) is 22.8 Å². The molecule has 142 valence electrons. The zero-order valence-electron chi connectivity index (χ0n) is 14.8. The van der Waals surface area contributed by atoms with E-state index in [0.717, 1.165) is 18.7 Å². The maximum Gasteiger partial charge on any atom is 0.253 e. The van der Waals surface area contributed by atoms with Crippen molar-refractivity contribution >= 4 is 21.7 Å². The van der Waals surface area contributed by atoms with Crippen LogP contribution in [0.25, 0.3) is 0 Å². The summed E-state index contributed by atoms with van der Waals surface area (Å²) in [4.78, 5) is 22.5. The number of hydrogen-bond donors (Lipinski definition) is 1. The van der Waals surface area contributed by atoms with E-state index in [4.69, 9.17) is 0 Å². The van der Waals surface area contributed by atoms with Gasteiger partial charge < -0.3 is 10.2 Å². The Kier molecular flexibility index (Phi) is 4.79. The largest absolute Gasteiger partial charge is 0.364 e. The lowest BCUT2D eigenvalue weighted by Gasteiger charge is -2.39. The zero-order chi connectivity index (χ0) is 18.9. The Morgan fingerprint density at radius 1 is 1.07 bits per heavy atom. The Balaban J connectivity index is 1.36. The lowest BCUT2D eigenvalue weighted by atomic mass is 10.1. The van der Waals surface area contributed by atoms with Crippen LogP contribution in [-0.4, -0.2) is 65.7 Å². The average molecular weight is 387 g/mol. The number of aromatic nitrogens is 2. The molecule has 9 heteroatoms. The molecule has 0 bridgehead atoms. The van der Waals surface area contributed by atoms with Crippen molar-refractivity contribution in [1.82, 2.24) is 19.2 Å². The summed E-state index contributed by atoms with van der Waals surface area (Å²) in [6.07, 6.45) is 4.93. The quantitative estimate of drug-likeness (QED) is 0.828. The molecular formula is C18H21N5O3S. The SMILES string of the molecule is O=C(c1ccc(S(=O)(=O)N2CCCC2)cc1)N1CC(Nc2ccncn2)C1. The Morgan fingerprint density at radius 2 is 1.78 bits per heavy atom. The molecule has 2 saturated heterocycles. The first-order valence-electron chi connectivity index (χ1n) is 8.96. The van der Waals surface area contributed by atoms with Crippen molar-refractivity contribution < 1.29 is 13.2 Å². The molecule has 8 nitrogen and oxygen atoms in total. The van der Waals surface area contributed by atoms with Crippen LogP contribution in [0.2, 0.25) is 0 Å². The summed E-state index contributed by atoms with van der Waals surface area (Å²) in [6.45, 7) is 2.29. The fourth-order valence-electron chi connectivity index (χ4n) is 3.35. The molecule has 1 amide bonds. The van der Waals surface area contributed by atoms with Crippen molar-refractivity contribution in [3.63, 3.8) is 0 Å². The standard InChI is InChI=1S/C18H21N5O3S/c24-18(22-11-15(12-22)21-17-7-8-19-13-20-17)14-3-5-16(6-4-14)27(25,26)23-9-1-2-10-23/h3-8,13,15H,1-2,9-12H2,(H,19,20,21). The van der Waals surface area contributed by atoms with Gasteiger partial charge in [0.1, 0.15) is 12.1 Å². The van der Waals surface area contributed by atoms with Crippen LogP contribution in [0.15, 0.2) is 47.8 Å². The normalized spacial score (nSPS) is 18.3. The third-order valence-electron chi connectivity index (χ3n) is 4.91. The highest BCUT2D eigenvalue weighted by Crippen LogP contribution is 2.22. The molecule has 3 heterocycles. The first-order chi connectivity index (χ1) is 13.0. The molecule has 0 unspecified atom stereocenters. The average Bonchev–Trinajstić information content (AvgIpc) is 3.20. The summed E-state index contributed by atoms with van der Waals surface area (Å²) in [7, 11) is -3.45. The molecule has 0 spiro atoms. The number of carbonyl (C=O) groups is 1. The van der Waals surface area contributed by atoms with E-state index in [2.05, 4.69) is 15.3 Å². The van der Waals surface area contributed by atoms with Crippen LogP contribution in [0.5, 0.6) is 0 Å². The molecule has 4 rings (SSSR count). The highest BCUT2D eigenvalue weighted by molar-refractivity contribution is 7.89. The van der Waals surface area contributed by atoms with Gasteiger partial charge in [-0.1, -0.05) is 0 Å². The zero-order valence-corrected chi connectivity index (χ0v) is 15.6. The minimum Gasteiger partial charge on any atom is -0.364 e.